The fourth-order valence-corrected chi connectivity index (χ4v) is 1.31. The molecule has 0 aliphatic heterocycles. The Morgan fingerprint density at radius 2 is 2.07 bits per heavy atom. The largest absolute Gasteiger partial charge is 0.397 e. The second kappa shape index (κ2) is 4.61. The van der Waals surface area contributed by atoms with E-state index in [-0.39, 0.29) is 12.1 Å². The molecule has 1 rings (SSSR count). The maximum atomic E-state index is 12.6. The molecule has 0 saturated heterocycles. The Balaban J connectivity index is 2.94. The van der Waals surface area contributed by atoms with Crippen LogP contribution in [-0.4, -0.2) is 24.8 Å². The highest BCUT2D eigenvalue weighted by Gasteiger charge is 2.40. The Hall–Kier alpha value is -1.10. The summed E-state index contributed by atoms with van der Waals surface area (Å²) in [6.07, 6.45) is -2.95. The van der Waals surface area contributed by atoms with Gasteiger partial charge in [0, 0.05) is 18.4 Å². The van der Waals surface area contributed by atoms with E-state index < -0.39 is 12.1 Å². The van der Waals surface area contributed by atoms with Crippen LogP contribution in [-0.2, 0) is 0 Å². The van der Waals surface area contributed by atoms with E-state index in [1.165, 1.54) is 19.3 Å². The molecular weight excluding hydrogens is 205 g/mol. The van der Waals surface area contributed by atoms with Gasteiger partial charge in [0.15, 0.2) is 0 Å². The van der Waals surface area contributed by atoms with Crippen LogP contribution in [0.2, 0.25) is 0 Å². The molecular formula is C10H13F3N2. The smallest absolute Gasteiger partial charge is 0.319 e. The maximum absolute atomic E-state index is 12.6. The van der Waals surface area contributed by atoms with E-state index in [1.54, 1.807) is 13.0 Å². The zero-order valence-electron chi connectivity index (χ0n) is 8.60. The number of likely N-dealkylation sites (N-methyl/N-ethyl adjacent to an activating group) is 1. The predicted molar refractivity (Wildman–Crippen MR) is 51.7 cm³/mol. The van der Waals surface area contributed by atoms with Gasteiger partial charge in [-0.05, 0) is 25.6 Å². The van der Waals surface area contributed by atoms with Gasteiger partial charge in [-0.15, -0.1) is 0 Å². The van der Waals surface area contributed by atoms with Crippen LogP contribution >= 0.6 is 0 Å². The van der Waals surface area contributed by atoms with Crippen LogP contribution in [0.1, 0.15) is 17.2 Å². The summed E-state index contributed by atoms with van der Waals surface area (Å²) in [7, 11) is 1.50. The lowest BCUT2D eigenvalue weighted by molar-refractivity contribution is -0.149. The van der Waals surface area contributed by atoms with Crippen molar-refractivity contribution < 1.29 is 13.2 Å². The molecule has 0 bridgehead atoms. The first-order valence-corrected chi connectivity index (χ1v) is 4.59. The van der Waals surface area contributed by atoms with E-state index in [4.69, 9.17) is 0 Å². The molecule has 1 aromatic rings. The molecule has 1 unspecified atom stereocenters. The van der Waals surface area contributed by atoms with Crippen LogP contribution in [0.4, 0.5) is 13.2 Å². The predicted octanol–water partition coefficient (Wildman–Crippen LogP) is 2.26. The molecule has 5 heteroatoms. The summed E-state index contributed by atoms with van der Waals surface area (Å²) < 4.78 is 37.9. The highest BCUT2D eigenvalue weighted by atomic mass is 19.4. The zero-order chi connectivity index (χ0) is 11.5. The van der Waals surface area contributed by atoms with E-state index in [0.29, 0.717) is 5.69 Å². The summed E-state index contributed by atoms with van der Waals surface area (Å²) in [5.74, 6) is -1.49. The fraction of sp³-hybridized carbons (Fsp3) is 0.500. The number of hydrogen-bond donors (Lipinski definition) is 1. The second-order valence-corrected chi connectivity index (χ2v) is 3.38. The molecule has 2 nitrogen and oxygen atoms in total. The van der Waals surface area contributed by atoms with Gasteiger partial charge in [-0.3, -0.25) is 4.98 Å². The molecule has 0 saturated carbocycles. The van der Waals surface area contributed by atoms with E-state index in [2.05, 4.69) is 10.3 Å². The standard InChI is InChI=1S/C10H13F3N2/c1-7-3-4-8(5-15-7)9(6-14-2)10(11,12)13/h3-5,9,14H,6H2,1-2H3. The SMILES string of the molecule is CNCC(c1ccc(C)nc1)C(F)(F)F. The molecule has 0 amide bonds. The monoisotopic (exact) mass is 218 g/mol. The molecule has 15 heavy (non-hydrogen) atoms. The summed E-state index contributed by atoms with van der Waals surface area (Å²) >= 11 is 0. The summed E-state index contributed by atoms with van der Waals surface area (Å²) in [6, 6.07) is 3.06. The van der Waals surface area contributed by atoms with Crippen LogP contribution in [0.25, 0.3) is 0 Å². The Morgan fingerprint density at radius 3 is 2.47 bits per heavy atom. The Bertz CT molecular complexity index is 305. The number of rotatable bonds is 3. The van der Waals surface area contributed by atoms with E-state index in [1.807, 2.05) is 0 Å². The molecule has 1 atom stereocenters. The molecule has 0 fully saturated rings. The molecule has 0 aromatic carbocycles. The van der Waals surface area contributed by atoms with Gasteiger partial charge < -0.3 is 5.32 Å². The van der Waals surface area contributed by atoms with Gasteiger partial charge in [0.2, 0.25) is 0 Å². The molecule has 84 valence electrons. The molecule has 0 aliphatic carbocycles. The van der Waals surface area contributed by atoms with Gasteiger partial charge >= 0.3 is 6.18 Å². The first-order valence-electron chi connectivity index (χ1n) is 4.59. The Kier molecular flexibility index (Phi) is 3.68. The van der Waals surface area contributed by atoms with Crippen molar-refractivity contribution >= 4 is 0 Å². The average molecular weight is 218 g/mol. The second-order valence-electron chi connectivity index (χ2n) is 3.38. The van der Waals surface area contributed by atoms with Crippen molar-refractivity contribution in [3.63, 3.8) is 0 Å². The summed E-state index contributed by atoms with van der Waals surface area (Å²) in [6.45, 7) is 1.61. The van der Waals surface area contributed by atoms with E-state index in [0.717, 1.165) is 0 Å². The van der Waals surface area contributed by atoms with Crippen molar-refractivity contribution in [2.75, 3.05) is 13.6 Å². The third-order valence-electron chi connectivity index (χ3n) is 2.14. The van der Waals surface area contributed by atoms with Crippen LogP contribution in [0.3, 0.4) is 0 Å². The highest BCUT2D eigenvalue weighted by Crippen LogP contribution is 2.33. The number of hydrogen-bond acceptors (Lipinski definition) is 2. The lowest BCUT2D eigenvalue weighted by Gasteiger charge is -2.19. The van der Waals surface area contributed by atoms with Gasteiger partial charge in [0.1, 0.15) is 0 Å². The third kappa shape index (κ3) is 3.20. The minimum atomic E-state index is -4.24. The van der Waals surface area contributed by atoms with E-state index >= 15 is 0 Å². The zero-order valence-corrected chi connectivity index (χ0v) is 8.60. The first kappa shape index (κ1) is 12.0. The van der Waals surface area contributed by atoms with Gasteiger partial charge in [-0.2, -0.15) is 13.2 Å². The summed E-state index contributed by atoms with van der Waals surface area (Å²) in [5.41, 5.74) is 0.909. The number of aryl methyl sites for hydroxylation is 1. The average Bonchev–Trinajstić information content (AvgIpc) is 2.14. The van der Waals surface area contributed by atoms with Gasteiger partial charge in [0.05, 0.1) is 5.92 Å². The number of nitrogens with one attached hydrogen (secondary N) is 1. The Morgan fingerprint density at radius 1 is 1.40 bits per heavy atom. The number of alkyl halides is 3. The van der Waals surface area contributed by atoms with E-state index in [9.17, 15) is 13.2 Å². The number of halogens is 3. The van der Waals surface area contributed by atoms with Crippen molar-refractivity contribution in [3.8, 4) is 0 Å². The van der Waals surface area contributed by atoms with Gasteiger partial charge in [0.25, 0.3) is 0 Å². The van der Waals surface area contributed by atoms with Crippen molar-refractivity contribution in [1.82, 2.24) is 10.3 Å². The molecule has 1 N–H and O–H groups in total. The molecule has 0 radical (unpaired) electrons. The van der Waals surface area contributed by atoms with Crippen molar-refractivity contribution in [1.29, 1.82) is 0 Å². The number of nitrogens with zero attached hydrogens (tertiary/aromatic N) is 1. The molecule has 0 aliphatic rings. The van der Waals surface area contributed by atoms with Gasteiger partial charge in [-0.1, -0.05) is 6.07 Å². The lowest BCUT2D eigenvalue weighted by atomic mass is 10.0. The van der Waals surface area contributed by atoms with Crippen LogP contribution < -0.4 is 5.32 Å². The fourth-order valence-electron chi connectivity index (χ4n) is 1.31. The topological polar surface area (TPSA) is 24.9 Å². The summed E-state index contributed by atoms with van der Waals surface area (Å²) in [4.78, 5) is 3.87. The normalized spacial score (nSPS) is 13.9. The molecule has 0 spiro atoms. The van der Waals surface area contributed by atoms with Crippen molar-refractivity contribution in [2.45, 2.75) is 19.0 Å². The Labute approximate surface area is 86.5 Å². The van der Waals surface area contributed by atoms with Crippen LogP contribution in [0, 0.1) is 6.92 Å². The third-order valence-corrected chi connectivity index (χ3v) is 2.14. The van der Waals surface area contributed by atoms with Crippen LogP contribution in [0.5, 0.6) is 0 Å². The summed E-state index contributed by atoms with van der Waals surface area (Å²) in [5, 5.41) is 2.54. The highest BCUT2D eigenvalue weighted by molar-refractivity contribution is 5.19. The van der Waals surface area contributed by atoms with Crippen molar-refractivity contribution in [2.24, 2.45) is 0 Å². The molecule has 1 heterocycles. The molecule has 1 aromatic heterocycles. The number of aromatic nitrogens is 1. The lowest BCUT2D eigenvalue weighted by Crippen LogP contribution is -2.30. The van der Waals surface area contributed by atoms with Gasteiger partial charge in [-0.25, -0.2) is 0 Å². The maximum Gasteiger partial charge on any atom is 0.397 e. The van der Waals surface area contributed by atoms with Crippen LogP contribution in [0.15, 0.2) is 18.3 Å². The first-order chi connectivity index (χ1) is 6.95. The quantitative estimate of drug-likeness (QED) is 0.841. The number of pyridine rings is 1. The minimum Gasteiger partial charge on any atom is -0.319 e. The minimum absolute atomic E-state index is 0.131. The van der Waals surface area contributed by atoms with Crippen molar-refractivity contribution in [3.05, 3.63) is 29.6 Å².